The molecule has 2 heterocycles. The van der Waals surface area contributed by atoms with Crippen LogP contribution in [0.5, 0.6) is 0 Å². The SMILES string of the molecule is CCCCCCCCCCCCCCCC(=O)OC[C@@H]1O[C@@H](N2C=CC(=O)CC2=O)[C@@H](O)[C@H]1O. The Bertz CT molecular complexity index is 666. The molecule has 0 aromatic rings. The Morgan fingerprint density at radius 1 is 0.941 bits per heavy atom. The zero-order valence-electron chi connectivity index (χ0n) is 20.7. The molecular weight excluding hydrogens is 438 g/mol. The second kappa shape index (κ2) is 16.0. The van der Waals surface area contributed by atoms with Crippen molar-refractivity contribution in [2.24, 2.45) is 0 Å². The fourth-order valence-corrected chi connectivity index (χ4v) is 4.40. The lowest BCUT2D eigenvalue weighted by molar-refractivity contribution is -0.156. The van der Waals surface area contributed by atoms with Crippen molar-refractivity contribution in [3.8, 4) is 0 Å². The van der Waals surface area contributed by atoms with E-state index in [1.54, 1.807) is 0 Å². The number of hydrogen-bond acceptors (Lipinski definition) is 7. The lowest BCUT2D eigenvalue weighted by Gasteiger charge is -2.28. The molecule has 1 fully saturated rings. The fourth-order valence-electron chi connectivity index (χ4n) is 4.40. The van der Waals surface area contributed by atoms with Gasteiger partial charge in [0.05, 0.1) is 6.42 Å². The van der Waals surface area contributed by atoms with E-state index < -0.39 is 30.4 Å². The van der Waals surface area contributed by atoms with Crippen LogP contribution in [0.15, 0.2) is 12.3 Å². The van der Waals surface area contributed by atoms with Gasteiger partial charge in [0.1, 0.15) is 24.9 Å². The van der Waals surface area contributed by atoms with Crippen molar-refractivity contribution >= 4 is 17.7 Å². The van der Waals surface area contributed by atoms with Crippen LogP contribution in [0.25, 0.3) is 0 Å². The summed E-state index contributed by atoms with van der Waals surface area (Å²) in [7, 11) is 0. The molecule has 34 heavy (non-hydrogen) atoms. The summed E-state index contributed by atoms with van der Waals surface area (Å²) in [5.41, 5.74) is 0. The van der Waals surface area contributed by atoms with Gasteiger partial charge in [0.15, 0.2) is 12.0 Å². The monoisotopic (exact) mass is 481 g/mol. The van der Waals surface area contributed by atoms with E-state index in [0.29, 0.717) is 6.42 Å². The summed E-state index contributed by atoms with van der Waals surface area (Å²) in [4.78, 5) is 36.5. The number of ketones is 1. The summed E-state index contributed by atoms with van der Waals surface area (Å²) in [5.74, 6) is -1.20. The highest BCUT2D eigenvalue weighted by molar-refractivity contribution is 6.06. The third-order valence-electron chi connectivity index (χ3n) is 6.54. The van der Waals surface area contributed by atoms with Crippen LogP contribution in [0, 0.1) is 0 Å². The number of carbonyl (C=O) groups is 3. The Hall–Kier alpha value is -1.77. The molecule has 1 saturated heterocycles. The summed E-state index contributed by atoms with van der Waals surface area (Å²) in [6.45, 7) is 2.04. The quantitative estimate of drug-likeness (QED) is 0.185. The molecule has 2 N–H and O–H groups in total. The maximum atomic E-state index is 12.0. The minimum Gasteiger partial charge on any atom is -0.463 e. The van der Waals surface area contributed by atoms with Gasteiger partial charge in [0.25, 0.3) is 0 Å². The van der Waals surface area contributed by atoms with Crippen LogP contribution in [0.3, 0.4) is 0 Å². The number of esters is 1. The van der Waals surface area contributed by atoms with E-state index in [0.717, 1.165) is 24.2 Å². The zero-order valence-corrected chi connectivity index (χ0v) is 20.7. The Morgan fingerprint density at radius 3 is 2.06 bits per heavy atom. The summed E-state index contributed by atoms with van der Waals surface area (Å²) in [5, 5.41) is 20.4. The summed E-state index contributed by atoms with van der Waals surface area (Å²) >= 11 is 0. The van der Waals surface area contributed by atoms with Gasteiger partial charge in [-0.15, -0.1) is 0 Å². The predicted molar refractivity (Wildman–Crippen MR) is 128 cm³/mol. The minimum absolute atomic E-state index is 0.198. The molecule has 2 aliphatic rings. The minimum atomic E-state index is -1.36. The van der Waals surface area contributed by atoms with Gasteiger partial charge >= 0.3 is 5.97 Å². The number of carbonyl (C=O) groups excluding carboxylic acids is 3. The number of ether oxygens (including phenoxy) is 2. The molecule has 0 saturated carbocycles. The predicted octanol–water partition coefficient (Wildman–Crippen LogP) is 3.77. The van der Waals surface area contributed by atoms with E-state index in [2.05, 4.69) is 6.92 Å². The lowest BCUT2D eigenvalue weighted by Crippen LogP contribution is -2.46. The highest BCUT2D eigenvalue weighted by Crippen LogP contribution is 2.26. The average Bonchev–Trinajstić information content (AvgIpc) is 3.09. The highest BCUT2D eigenvalue weighted by atomic mass is 16.6. The third-order valence-corrected chi connectivity index (χ3v) is 6.54. The maximum absolute atomic E-state index is 12.0. The number of amides is 1. The fraction of sp³-hybridized carbons (Fsp3) is 0.808. The van der Waals surface area contributed by atoms with Crippen LogP contribution in [0.1, 0.15) is 103 Å². The Labute approximate surface area is 203 Å². The number of hydrogen-bond donors (Lipinski definition) is 2. The standard InChI is InChI=1S/C26H43NO7/c1-2-3-4-5-6-7-8-9-10-11-12-13-14-15-23(30)33-19-21-24(31)25(32)26(34-21)27-17-16-20(28)18-22(27)29/h16-17,21,24-26,31-32H,2-15,18-19H2,1H3/t21-,24-,25-,26+/m0/s1. The van der Waals surface area contributed by atoms with Crippen LogP contribution in [0.4, 0.5) is 0 Å². The van der Waals surface area contributed by atoms with Crippen molar-refractivity contribution in [3.05, 3.63) is 12.3 Å². The molecule has 2 aliphatic heterocycles. The first-order chi connectivity index (χ1) is 16.4. The van der Waals surface area contributed by atoms with Crippen LogP contribution in [-0.2, 0) is 23.9 Å². The molecule has 0 bridgehead atoms. The summed E-state index contributed by atoms with van der Waals surface area (Å²) in [6, 6.07) is 0. The van der Waals surface area contributed by atoms with Gasteiger partial charge in [-0.05, 0) is 12.5 Å². The van der Waals surface area contributed by atoms with Crippen LogP contribution in [-0.4, -0.2) is 63.9 Å². The van der Waals surface area contributed by atoms with Gasteiger partial charge in [-0.2, -0.15) is 0 Å². The molecule has 8 heteroatoms. The van der Waals surface area contributed by atoms with E-state index in [4.69, 9.17) is 9.47 Å². The van der Waals surface area contributed by atoms with E-state index in [9.17, 15) is 24.6 Å². The van der Waals surface area contributed by atoms with Gasteiger partial charge < -0.3 is 19.7 Å². The highest BCUT2D eigenvalue weighted by Gasteiger charge is 2.47. The second-order valence-corrected chi connectivity index (χ2v) is 9.48. The molecule has 1 amide bonds. The van der Waals surface area contributed by atoms with Crippen molar-refractivity contribution in [1.29, 1.82) is 0 Å². The Balaban J connectivity index is 1.50. The van der Waals surface area contributed by atoms with E-state index in [-0.39, 0.29) is 24.8 Å². The number of unbranched alkanes of at least 4 members (excludes halogenated alkanes) is 12. The van der Waals surface area contributed by atoms with E-state index in [1.807, 2.05) is 0 Å². The molecular formula is C26H43NO7. The summed E-state index contributed by atoms with van der Waals surface area (Å²) in [6.07, 6.45) is 13.8. The molecule has 0 aliphatic carbocycles. The third kappa shape index (κ3) is 9.84. The number of aliphatic hydroxyl groups excluding tert-OH is 2. The largest absolute Gasteiger partial charge is 0.463 e. The first kappa shape index (κ1) is 28.5. The molecule has 0 unspecified atom stereocenters. The van der Waals surface area contributed by atoms with Crippen LogP contribution in [0.2, 0.25) is 0 Å². The first-order valence-corrected chi connectivity index (χ1v) is 13.1. The molecule has 0 aromatic heterocycles. The molecule has 2 rings (SSSR count). The molecule has 0 aromatic carbocycles. The molecule has 4 atom stereocenters. The van der Waals surface area contributed by atoms with Crippen molar-refractivity contribution in [2.45, 2.75) is 128 Å². The van der Waals surface area contributed by atoms with Crippen molar-refractivity contribution in [2.75, 3.05) is 6.61 Å². The Kier molecular flexibility index (Phi) is 13.4. The van der Waals surface area contributed by atoms with Crippen molar-refractivity contribution < 1.29 is 34.1 Å². The van der Waals surface area contributed by atoms with Gasteiger partial charge in [0, 0.05) is 12.6 Å². The Morgan fingerprint density at radius 2 is 1.50 bits per heavy atom. The number of allylic oxidation sites excluding steroid dienone is 1. The molecule has 0 radical (unpaired) electrons. The zero-order chi connectivity index (χ0) is 24.8. The van der Waals surface area contributed by atoms with Crippen molar-refractivity contribution in [3.63, 3.8) is 0 Å². The van der Waals surface area contributed by atoms with Gasteiger partial charge in [-0.1, -0.05) is 84.0 Å². The topological polar surface area (TPSA) is 113 Å². The molecule has 0 spiro atoms. The van der Waals surface area contributed by atoms with Gasteiger partial charge in [-0.25, -0.2) is 0 Å². The first-order valence-electron chi connectivity index (χ1n) is 13.1. The second-order valence-electron chi connectivity index (χ2n) is 9.48. The number of rotatable bonds is 17. The molecule has 194 valence electrons. The average molecular weight is 482 g/mol. The van der Waals surface area contributed by atoms with Crippen molar-refractivity contribution in [1.82, 2.24) is 4.90 Å². The van der Waals surface area contributed by atoms with Gasteiger partial charge in [-0.3, -0.25) is 19.3 Å². The number of nitrogens with zero attached hydrogens (tertiary/aromatic N) is 1. The van der Waals surface area contributed by atoms with Crippen LogP contribution >= 0.6 is 0 Å². The summed E-state index contributed by atoms with van der Waals surface area (Å²) < 4.78 is 10.8. The van der Waals surface area contributed by atoms with Gasteiger partial charge in [0.2, 0.25) is 5.91 Å². The smallest absolute Gasteiger partial charge is 0.305 e. The van der Waals surface area contributed by atoms with E-state index >= 15 is 0 Å². The lowest BCUT2D eigenvalue weighted by atomic mass is 10.0. The maximum Gasteiger partial charge on any atom is 0.305 e. The molecule has 8 nitrogen and oxygen atoms in total. The van der Waals surface area contributed by atoms with Crippen LogP contribution < -0.4 is 0 Å². The van der Waals surface area contributed by atoms with E-state index in [1.165, 1.54) is 76.5 Å². The normalized spacial score (nSPS) is 24.7. The number of aliphatic hydroxyl groups is 2.